The van der Waals surface area contributed by atoms with E-state index in [-0.39, 0.29) is 12.1 Å². The Morgan fingerprint density at radius 1 is 1.06 bits per heavy atom. The van der Waals surface area contributed by atoms with E-state index in [0.717, 1.165) is 11.1 Å². The number of aromatic amines is 1. The van der Waals surface area contributed by atoms with Crippen LogP contribution in [0.5, 0.6) is 0 Å². The molecular weight excluding hydrogens is 457 g/mol. The number of aromatic nitrogens is 3. The molecule has 0 aliphatic rings. The Labute approximate surface area is 191 Å². The van der Waals surface area contributed by atoms with Gasteiger partial charge in [0.2, 0.25) is 0 Å². The van der Waals surface area contributed by atoms with E-state index in [4.69, 9.17) is 27.7 Å². The molecule has 0 fully saturated rings. The summed E-state index contributed by atoms with van der Waals surface area (Å²) in [5.41, 5.74) is 2.03. The molecule has 0 radical (unpaired) electrons. The zero-order chi connectivity index (χ0) is 22.0. The van der Waals surface area contributed by atoms with Crippen molar-refractivity contribution in [3.63, 3.8) is 0 Å². The van der Waals surface area contributed by atoms with Gasteiger partial charge in [0, 0.05) is 22.9 Å². The van der Waals surface area contributed by atoms with E-state index < -0.39 is 5.69 Å². The molecule has 0 aliphatic heterocycles. The second-order valence-corrected chi connectivity index (χ2v) is 8.66. The van der Waals surface area contributed by atoms with Crippen LogP contribution in [-0.4, -0.2) is 14.7 Å². The molecule has 158 valence electrons. The Kier molecular flexibility index (Phi) is 6.36. The normalized spacial score (nSPS) is 11.1. The maximum absolute atomic E-state index is 12.7. The lowest BCUT2D eigenvalue weighted by Gasteiger charge is -2.09. The van der Waals surface area contributed by atoms with Crippen molar-refractivity contribution in [2.24, 2.45) is 0 Å². The van der Waals surface area contributed by atoms with Gasteiger partial charge in [0.15, 0.2) is 5.76 Å². The summed E-state index contributed by atoms with van der Waals surface area (Å²) in [5.74, 6) is 0.974. The first-order chi connectivity index (χ1) is 14.9. The second kappa shape index (κ2) is 9.18. The van der Waals surface area contributed by atoms with Crippen molar-refractivity contribution < 1.29 is 4.52 Å². The number of H-pyrrole nitrogens is 1. The van der Waals surface area contributed by atoms with Gasteiger partial charge in [-0.3, -0.25) is 9.36 Å². The summed E-state index contributed by atoms with van der Waals surface area (Å²) >= 11 is 13.3. The topological polar surface area (TPSA) is 80.9 Å². The molecule has 0 bridgehead atoms. The number of nitrogens with one attached hydrogen (secondary N) is 1. The monoisotopic (exact) mass is 473 g/mol. The Hall–Kier alpha value is -2.74. The van der Waals surface area contributed by atoms with Crippen molar-refractivity contribution >= 4 is 35.0 Å². The van der Waals surface area contributed by atoms with Crippen molar-refractivity contribution in [1.82, 2.24) is 14.7 Å². The summed E-state index contributed by atoms with van der Waals surface area (Å²) in [6.07, 6.45) is 0. The minimum absolute atomic E-state index is 0.219. The number of rotatable bonds is 6. The fourth-order valence-corrected chi connectivity index (χ4v) is 4.21. The van der Waals surface area contributed by atoms with Crippen molar-refractivity contribution in [3.05, 3.63) is 102 Å². The minimum atomic E-state index is -0.446. The molecule has 0 saturated heterocycles. The molecule has 0 unspecified atom stereocenters. The third kappa shape index (κ3) is 4.79. The van der Waals surface area contributed by atoms with Gasteiger partial charge in [-0.2, -0.15) is 0 Å². The first kappa shape index (κ1) is 21.5. The fourth-order valence-electron chi connectivity index (χ4n) is 3.02. The molecule has 4 rings (SSSR count). The standard InChI is InChI=1S/C22H17Cl2N3O3S/c1-13-20(25-22(29)27(21(13)28)11-14-5-3-2-4-6-14)31-12-16-10-19(30-26-16)15-7-8-17(23)18(24)9-15/h2-10H,11-12H2,1H3,(H,25,29). The molecule has 2 aromatic heterocycles. The van der Waals surface area contributed by atoms with Gasteiger partial charge in [-0.05, 0) is 30.7 Å². The maximum atomic E-state index is 12.7. The van der Waals surface area contributed by atoms with Crippen LogP contribution in [0, 0.1) is 6.92 Å². The molecule has 6 nitrogen and oxygen atoms in total. The number of thioether (sulfide) groups is 1. The van der Waals surface area contributed by atoms with Crippen LogP contribution >= 0.6 is 35.0 Å². The van der Waals surface area contributed by atoms with E-state index in [1.165, 1.54) is 16.3 Å². The highest BCUT2D eigenvalue weighted by molar-refractivity contribution is 7.98. The molecule has 0 amide bonds. The zero-order valence-corrected chi connectivity index (χ0v) is 18.7. The number of hydrogen-bond acceptors (Lipinski definition) is 5. The quantitative estimate of drug-likeness (QED) is 0.309. The average Bonchev–Trinajstić information content (AvgIpc) is 3.24. The Morgan fingerprint density at radius 3 is 2.58 bits per heavy atom. The van der Waals surface area contributed by atoms with Crippen molar-refractivity contribution in [2.45, 2.75) is 24.2 Å². The molecule has 0 saturated carbocycles. The lowest BCUT2D eigenvalue weighted by Crippen LogP contribution is -2.37. The number of benzene rings is 2. The summed E-state index contributed by atoms with van der Waals surface area (Å²) in [4.78, 5) is 28.1. The molecule has 9 heteroatoms. The lowest BCUT2D eigenvalue weighted by molar-refractivity contribution is 0.426. The van der Waals surface area contributed by atoms with Crippen LogP contribution < -0.4 is 11.2 Å². The number of hydrogen-bond donors (Lipinski definition) is 1. The van der Waals surface area contributed by atoms with Gasteiger partial charge < -0.3 is 9.51 Å². The van der Waals surface area contributed by atoms with Crippen molar-refractivity contribution in [1.29, 1.82) is 0 Å². The van der Waals surface area contributed by atoms with E-state index in [9.17, 15) is 9.59 Å². The molecular formula is C22H17Cl2N3O3S. The van der Waals surface area contributed by atoms with Gasteiger partial charge in [-0.25, -0.2) is 4.79 Å². The second-order valence-electron chi connectivity index (χ2n) is 6.86. The highest BCUT2D eigenvalue weighted by Crippen LogP contribution is 2.30. The van der Waals surface area contributed by atoms with Gasteiger partial charge in [-0.1, -0.05) is 58.7 Å². The van der Waals surface area contributed by atoms with Gasteiger partial charge in [-0.15, -0.1) is 11.8 Å². The SMILES string of the molecule is Cc1c(SCc2cc(-c3ccc(Cl)c(Cl)c3)on2)[nH]c(=O)n(Cc2ccccc2)c1=O. The van der Waals surface area contributed by atoms with E-state index in [0.29, 0.717) is 37.8 Å². The molecule has 1 N–H and O–H groups in total. The molecule has 4 aromatic rings. The smallest absolute Gasteiger partial charge is 0.329 e. The van der Waals surface area contributed by atoms with Gasteiger partial charge in [0.05, 0.1) is 27.3 Å². The lowest BCUT2D eigenvalue weighted by atomic mass is 10.2. The van der Waals surface area contributed by atoms with Crippen molar-refractivity contribution in [3.8, 4) is 11.3 Å². The summed E-state index contributed by atoms with van der Waals surface area (Å²) in [6.45, 7) is 1.92. The van der Waals surface area contributed by atoms with Gasteiger partial charge in [0.1, 0.15) is 0 Å². The fraction of sp³-hybridized carbons (Fsp3) is 0.136. The van der Waals surface area contributed by atoms with E-state index in [1.54, 1.807) is 31.2 Å². The molecule has 0 atom stereocenters. The highest BCUT2D eigenvalue weighted by Gasteiger charge is 2.14. The first-order valence-electron chi connectivity index (χ1n) is 9.34. The molecule has 0 aliphatic carbocycles. The number of halogens is 2. The van der Waals surface area contributed by atoms with E-state index >= 15 is 0 Å². The summed E-state index contributed by atoms with van der Waals surface area (Å²) in [7, 11) is 0. The maximum Gasteiger partial charge on any atom is 0.329 e. The van der Waals surface area contributed by atoms with E-state index in [2.05, 4.69) is 10.1 Å². The third-order valence-corrected chi connectivity index (χ3v) is 6.56. The first-order valence-corrected chi connectivity index (χ1v) is 11.1. The van der Waals surface area contributed by atoms with E-state index in [1.807, 2.05) is 30.3 Å². The summed E-state index contributed by atoms with van der Waals surface area (Å²) in [5, 5.41) is 5.46. The molecule has 0 spiro atoms. The van der Waals surface area contributed by atoms with Crippen LogP contribution in [-0.2, 0) is 12.3 Å². The van der Waals surface area contributed by atoms with Crippen LogP contribution in [0.25, 0.3) is 11.3 Å². The van der Waals surface area contributed by atoms with Crippen LogP contribution in [0.3, 0.4) is 0 Å². The Balaban J connectivity index is 1.51. The molecule has 2 aromatic carbocycles. The minimum Gasteiger partial charge on any atom is -0.356 e. The third-order valence-electron chi connectivity index (χ3n) is 4.68. The summed E-state index contributed by atoms with van der Waals surface area (Å²) < 4.78 is 6.60. The average molecular weight is 474 g/mol. The van der Waals surface area contributed by atoms with Crippen LogP contribution in [0.15, 0.2) is 73.7 Å². The summed E-state index contributed by atoms with van der Waals surface area (Å²) in [6, 6.07) is 16.4. The Bertz CT molecular complexity index is 1350. The molecule has 31 heavy (non-hydrogen) atoms. The van der Waals surface area contributed by atoms with Crippen LogP contribution in [0.1, 0.15) is 16.8 Å². The van der Waals surface area contributed by atoms with Gasteiger partial charge in [0.25, 0.3) is 5.56 Å². The highest BCUT2D eigenvalue weighted by atomic mass is 35.5. The largest absolute Gasteiger partial charge is 0.356 e. The zero-order valence-electron chi connectivity index (χ0n) is 16.4. The van der Waals surface area contributed by atoms with Crippen molar-refractivity contribution in [2.75, 3.05) is 0 Å². The van der Waals surface area contributed by atoms with Crippen LogP contribution in [0.2, 0.25) is 10.0 Å². The Morgan fingerprint density at radius 2 is 1.84 bits per heavy atom. The predicted octanol–water partition coefficient (Wildman–Crippen LogP) is 5.15. The molecule has 2 heterocycles. The predicted molar refractivity (Wildman–Crippen MR) is 123 cm³/mol. The van der Waals surface area contributed by atoms with Gasteiger partial charge >= 0.3 is 5.69 Å². The van der Waals surface area contributed by atoms with Crippen LogP contribution in [0.4, 0.5) is 0 Å². The number of nitrogens with zero attached hydrogens (tertiary/aromatic N) is 2.